The van der Waals surface area contributed by atoms with Gasteiger partial charge >= 0.3 is 6.09 Å². The van der Waals surface area contributed by atoms with Gasteiger partial charge in [-0.15, -0.1) is 0 Å². The molecule has 2 N–H and O–H groups in total. The average Bonchev–Trinajstić information content (AvgIpc) is 2.73. The molecule has 0 aliphatic heterocycles. The standard InChI is InChI=1S/C24H27N3O5/c1-24(2,3)32-23(30)25-12-13-31-17-9-7-8-16(14-17)26-21(28)20-15-27(4)22(29)19-11-6-5-10-18(19)20/h5-11,14-15H,12-13H2,1-4H3,(H,25,30)(H,26,28). The van der Waals surface area contributed by atoms with E-state index in [1.807, 2.05) is 0 Å². The number of amides is 2. The van der Waals surface area contributed by atoms with Gasteiger partial charge in [0.15, 0.2) is 0 Å². The Kier molecular flexibility index (Phi) is 6.82. The first kappa shape index (κ1) is 22.9. The number of anilines is 1. The lowest BCUT2D eigenvalue weighted by atomic mass is 10.1. The second kappa shape index (κ2) is 9.55. The third-order valence-electron chi connectivity index (χ3n) is 4.47. The van der Waals surface area contributed by atoms with Gasteiger partial charge in [-0.05, 0) is 39.0 Å². The number of carbonyl (C=O) groups is 2. The van der Waals surface area contributed by atoms with Crippen LogP contribution in [0.25, 0.3) is 10.8 Å². The van der Waals surface area contributed by atoms with E-state index in [1.165, 1.54) is 10.8 Å². The first-order valence-electron chi connectivity index (χ1n) is 10.2. The summed E-state index contributed by atoms with van der Waals surface area (Å²) in [5.74, 6) is 0.208. The Hall–Kier alpha value is -3.81. The highest BCUT2D eigenvalue weighted by atomic mass is 16.6. The van der Waals surface area contributed by atoms with Crippen LogP contribution < -0.4 is 20.9 Å². The fourth-order valence-electron chi connectivity index (χ4n) is 3.10. The van der Waals surface area contributed by atoms with Crippen LogP contribution in [0.2, 0.25) is 0 Å². The predicted octanol–water partition coefficient (Wildman–Crippen LogP) is 3.69. The summed E-state index contributed by atoms with van der Waals surface area (Å²) in [7, 11) is 1.62. The van der Waals surface area contributed by atoms with Gasteiger partial charge in [0.05, 0.1) is 12.1 Å². The Morgan fingerprint density at radius 3 is 2.47 bits per heavy atom. The molecule has 0 saturated heterocycles. The minimum Gasteiger partial charge on any atom is -0.492 e. The van der Waals surface area contributed by atoms with Gasteiger partial charge in [-0.2, -0.15) is 0 Å². The number of hydrogen-bond acceptors (Lipinski definition) is 5. The van der Waals surface area contributed by atoms with E-state index in [-0.39, 0.29) is 24.6 Å². The number of pyridine rings is 1. The van der Waals surface area contributed by atoms with E-state index in [4.69, 9.17) is 9.47 Å². The maximum Gasteiger partial charge on any atom is 0.407 e. The van der Waals surface area contributed by atoms with E-state index in [0.29, 0.717) is 27.8 Å². The van der Waals surface area contributed by atoms with Crippen LogP contribution in [0.4, 0.5) is 10.5 Å². The summed E-state index contributed by atoms with van der Waals surface area (Å²) in [6.45, 7) is 5.89. The van der Waals surface area contributed by atoms with Crippen LogP contribution >= 0.6 is 0 Å². The summed E-state index contributed by atoms with van der Waals surface area (Å²) in [5, 5.41) is 6.54. The minimum absolute atomic E-state index is 0.160. The van der Waals surface area contributed by atoms with Crippen molar-refractivity contribution < 1.29 is 19.1 Å². The molecule has 1 aromatic heterocycles. The van der Waals surface area contributed by atoms with E-state index >= 15 is 0 Å². The zero-order valence-electron chi connectivity index (χ0n) is 18.6. The number of alkyl carbamates (subject to hydrolysis) is 1. The quantitative estimate of drug-likeness (QED) is 0.573. The van der Waals surface area contributed by atoms with Gasteiger partial charge in [0.25, 0.3) is 11.5 Å². The summed E-state index contributed by atoms with van der Waals surface area (Å²) in [4.78, 5) is 36.9. The molecule has 168 valence electrons. The van der Waals surface area contributed by atoms with E-state index in [1.54, 1.807) is 76.3 Å². The van der Waals surface area contributed by atoms with Crippen molar-refractivity contribution in [1.29, 1.82) is 0 Å². The molecular weight excluding hydrogens is 410 g/mol. The molecule has 2 aromatic carbocycles. The molecule has 3 aromatic rings. The molecule has 0 atom stereocenters. The summed E-state index contributed by atoms with van der Waals surface area (Å²) < 4.78 is 12.2. The molecule has 32 heavy (non-hydrogen) atoms. The van der Waals surface area contributed by atoms with Gasteiger partial charge in [-0.3, -0.25) is 9.59 Å². The van der Waals surface area contributed by atoms with Crippen LogP contribution in [0, 0.1) is 0 Å². The summed E-state index contributed by atoms with van der Waals surface area (Å²) in [5.41, 5.74) is 0.224. The van der Waals surface area contributed by atoms with Crippen LogP contribution in [0.5, 0.6) is 5.75 Å². The Bertz CT molecular complexity index is 1190. The average molecular weight is 437 g/mol. The third kappa shape index (κ3) is 5.87. The summed E-state index contributed by atoms with van der Waals surface area (Å²) >= 11 is 0. The third-order valence-corrected chi connectivity index (χ3v) is 4.47. The van der Waals surface area contributed by atoms with Crippen LogP contribution in [0.15, 0.2) is 59.5 Å². The van der Waals surface area contributed by atoms with Gasteiger partial charge in [0.2, 0.25) is 0 Å². The SMILES string of the molecule is Cn1cc(C(=O)Nc2cccc(OCCNC(=O)OC(C)(C)C)c2)c2ccccc2c1=O. The number of benzene rings is 2. The number of fused-ring (bicyclic) bond motifs is 1. The minimum atomic E-state index is -0.562. The number of hydrogen-bond donors (Lipinski definition) is 2. The van der Waals surface area contributed by atoms with E-state index < -0.39 is 11.7 Å². The van der Waals surface area contributed by atoms with Crippen molar-refractivity contribution in [2.24, 2.45) is 7.05 Å². The monoisotopic (exact) mass is 437 g/mol. The lowest BCUT2D eigenvalue weighted by Gasteiger charge is -2.19. The first-order chi connectivity index (χ1) is 15.1. The van der Waals surface area contributed by atoms with Gasteiger partial charge in [0, 0.05) is 35.8 Å². The topological polar surface area (TPSA) is 98.7 Å². The highest BCUT2D eigenvalue weighted by molar-refractivity contribution is 6.12. The molecule has 0 aliphatic rings. The van der Waals surface area contributed by atoms with Crippen molar-refractivity contribution in [2.45, 2.75) is 26.4 Å². The van der Waals surface area contributed by atoms with Gasteiger partial charge in [-0.25, -0.2) is 4.79 Å². The summed E-state index contributed by atoms with van der Waals surface area (Å²) in [6, 6.07) is 14.0. The number of carbonyl (C=O) groups excluding carboxylic acids is 2. The van der Waals surface area contributed by atoms with E-state index in [2.05, 4.69) is 10.6 Å². The molecule has 0 unspecified atom stereocenters. The molecule has 2 amide bonds. The van der Waals surface area contributed by atoms with E-state index in [9.17, 15) is 14.4 Å². The lowest BCUT2D eigenvalue weighted by Crippen LogP contribution is -2.34. The zero-order chi connectivity index (χ0) is 23.3. The van der Waals surface area contributed by atoms with Crippen molar-refractivity contribution in [3.8, 4) is 5.75 Å². The molecule has 3 rings (SSSR count). The second-order valence-electron chi connectivity index (χ2n) is 8.26. The highest BCUT2D eigenvalue weighted by Crippen LogP contribution is 2.20. The van der Waals surface area contributed by atoms with Crippen LogP contribution in [-0.2, 0) is 11.8 Å². The van der Waals surface area contributed by atoms with Gasteiger partial charge in [-0.1, -0.05) is 24.3 Å². The normalized spacial score (nSPS) is 11.1. The highest BCUT2D eigenvalue weighted by Gasteiger charge is 2.16. The molecule has 1 heterocycles. The van der Waals surface area contributed by atoms with Gasteiger partial charge in [0.1, 0.15) is 18.0 Å². The summed E-state index contributed by atoms with van der Waals surface area (Å²) in [6.07, 6.45) is 1.02. The maximum absolute atomic E-state index is 12.9. The molecule has 0 saturated carbocycles. The van der Waals surface area contributed by atoms with Crippen LogP contribution in [-0.4, -0.2) is 35.3 Å². The Morgan fingerprint density at radius 1 is 1.03 bits per heavy atom. The van der Waals surface area contributed by atoms with Crippen molar-refractivity contribution in [1.82, 2.24) is 9.88 Å². The van der Waals surface area contributed by atoms with Crippen molar-refractivity contribution >= 4 is 28.5 Å². The number of aryl methyl sites for hydroxylation is 1. The Morgan fingerprint density at radius 2 is 1.75 bits per heavy atom. The largest absolute Gasteiger partial charge is 0.492 e. The molecule has 0 fully saturated rings. The first-order valence-corrected chi connectivity index (χ1v) is 10.2. The molecule has 0 aliphatic carbocycles. The number of nitrogens with zero attached hydrogens (tertiary/aromatic N) is 1. The number of aromatic nitrogens is 1. The van der Waals surface area contributed by atoms with Crippen LogP contribution in [0.1, 0.15) is 31.1 Å². The maximum atomic E-state index is 12.9. The number of nitrogens with one attached hydrogen (secondary N) is 2. The smallest absolute Gasteiger partial charge is 0.407 e. The fourth-order valence-corrected chi connectivity index (χ4v) is 3.10. The number of ether oxygens (including phenoxy) is 2. The fraction of sp³-hybridized carbons (Fsp3) is 0.292. The molecular formula is C24H27N3O5. The predicted molar refractivity (Wildman–Crippen MR) is 123 cm³/mol. The van der Waals surface area contributed by atoms with Crippen molar-refractivity contribution in [2.75, 3.05) is 18.5 Å². The molecule has 8 nitrogen and oxygen atoms in total. The van der Waals surface area contributed by atoms with E-state index in [0.717, 1.165) is 0 Å². The molecule has 0 spiro atoms. The van der Waals surface area contributed by atoms with Crippen LogP contribution in [0.3, 0.4) is 0 Å². The molecule has 0 bridgehead atoms. The molecule has 0 radical (unpaired) electrons. The Balaban J connectivity index is 1.64. The number of rotatable bonds is 6. The zero-order valence-corrected chi connectivity index (χ0v) is 18.6. The molecule has 8 heteroatoms. The second-order valence-corrected chi connectivity index (χ2v) is 8.26. The Labute approximate surface area is 186 Å². The van der Waals surface area contributed by atoms with Gasteiger partial charge < -0.3 is 24.7 Å². The van der Waals surface area contributed by atoms with Crippen molar-refractivity contribution in [3.63, 3.8) is 0 Å². The van der Waals surface area contributed by atoms with Crippen molar-refractivity contribution in [3.05, 3.63) is 70.6 Å². The lowest BCUT2D eigenvalue weighted by molar-refractivity contribution is 0.0520.